The number of rotatable bonds is 4. The Morgan fingerprint density at radius 1 is 1.15 bits per heavy atom. The van der Waals surface area contributed by atoms with Crippen LogP contribution >= 0.6 is 0 Å². The zero-order valence-corrected chi connectivity index (χ0v) is 18.6. The van der Waals surface area contributed by atoms with Gasteiger partial charge in [0.05, 0.1) is 6.10 Å². The van der Waals surface area contributed by atoms with Gasteiger partial charge in [-0.05, 0) is 76.5 Å². The van der Waals surface area contributed by atoms with Gasteiger partial charge in [-0.25, -0.2) is 9.59 Å². The minimum Gasteiger partial charge on any atom is -0.461 e. The molecular weight excluding hydrogens is 342 g/mol. The first-order chi connectivity index (χ1) is 12.2. The molecule has 0 spiro atoms. The van der Waals surface area contributed by atoms with Gasteiger partial charge in [0.15, 0.2) is 0 Å². The molecule has 0 bridgehead atoms. The molecule has 1 heterocycles. The molecule has 1 aliphatic carbocycles. The largest absolute Gasteiger partial charge is 0.461 e. The van der Waals surface area contributed by atoms with Crippen molar-refractivity contribution in [2.24, 2.45) is 16.7 Å². The van der Waals surface area contributed by atoms with E-state index in [1.165, 1.54) is 17.7 Å². The average Bonchev–Trinajstić information content (AvgIpc) is 3.05. The molecule has 2 rings (SSSR count). The van der Waals surface area contributed by atoms with Gasteiger partial charge >= 0.3 is 12.1 Å². The Kier molecular flexibility index (Phi) is 6.23. The van der Waals surface area contributed by atoms with Gasteiger partial charge in [-0.1, -0.05) is 27.7 Å². The third-order valence-corrected chi connectivity index (χ3v) is 6.97. The summed E-state index contributed by atoms with van der Waals surface area (Å²) in [4.78, 5) is 26.7. The molecule has 0 radical (unpaired) electrons. The van der Waals surface area contributed by atoms with E-state index in [1.807, 2.05) is 27.7 Å². The van der Waals surface area contributed by atoms with Gasteiger partial charge in [-0.15, -0.1) is 0 Å². The standard InChI is InChI=1S/C22H39NO4/c1-15(14-16-11-12-21(5,6)22(16,7)8)26-18(24)17-10-9-13-23(17)19(25)27-20(2,3)4/h15-17H,9-14H2,1-8H3/t15?,16?,17-/m0/s1. The number of likely N-dealkylation sites (tertiary alicyclic amines) is 1. The Morgan fingerprint density at radius 3 is 2.30 bits per heavy atom. The molecule has 1 saturated heterocycles. The van der Waals surface area contributed by atoms with E-state index in [2.05, 4.69) is 27.7 Å². The summed E-state index contributed by atoms with van der Waals surface area (Å²) < 4.78 is 11.2. The number of nitrogens with zero attached hydrogens (tertiary/aromatic N) is 1. The van der Waals surface area contributed by atoms with Gasteiger partial charge in [-0.3, -0.25) is 4.90 Å². The molecule has 0 aromatic carbocycles. The zero-order valence-electron chi connectivity index (χ0n) is 18.6. The highest BCUT2D eigenvalue weighted by atomic mass is 16.6. The highest BCUT2D eigenvalue weighted by Crippen LogP contribution is 2.57. The van der Waals surface area contributed by atoms with Crippen LogP contribution in [0.3, 0.4) is 0 Å². The molecule has 0 aromatic rings. The Balaban J connectivity index is 1.93. The second kappa shape index (κ2) is 7.63. The van der Waals surface area contributed by atoms with Gasteiger partial charge in [-0.2, -0.15) is 0 Å². The third-order valence-electron chi connectivity index (χ3n) is 6.97. The number of hydrogen-bond acceptors (Lipinski definition) is 4. The Labute approximate surface area is 165 Å². The summed E-state index contributed by atoms with van der Waals surface area (Å²) in [7, 11) is 0. The molecule has 27 heavy (non-hydrogen) atoms. The van der Waals surface area contributed by atoms with Crippen LogP contribution < -0.4 is 0 Å². The molecule has 0 aromatic heterocycles. The van der Waals surface area contributed by atoms with Crippen LogP contribution in [-0.4, -0.2) is 41.3 Å². The highest BCUT2D eigenvalue weighted by molar-refractivity contribution is 5.82. The van der Waals surface area contributed by atoms with Crippen LogP contribution in [0.2, 0.25) is 0 Å². The first-order valence-electron chi connectivity index (χ1n) is 10.4. The van der Waals surface area contributed by atoms with E-state index in [1.54, 1.807) is 0 Å². The molecule has 2 aliphatic rings. The van der Waals surface area contributed by atoms with E-state index in [-0.39, 0.29) is 17.5 Å². The van der Waals surface area contributed by atoms with Crippen molar-refractivity contribution in [3.63, 3.8) is 0 Å². The summed E-state index contributed by atoms with van der Waals surface area (Å²) in [5.74, 6) is 0.252. The predicted octanol–water partition coefficient (Wildman–Crippen LogP) is 5.17. The van der Waals surface area contributed by atoms with Gasteiger partial charge < -0.3 is 9.47 Å². The van der Waals surface area contributed by atoms with E-state index in [9.17, 15) is 9.59 Å². The van der Waals surface area contributed by atoms with E-state index in [0.717, 1.165) is 12.8 Å². The van der Waals surface area contributed by atoms with Crippen LogP contribution in [0.5, 0.6) is 0 Å². The first kappa shape index (κ1) is 22.0. The Bertz CT molecular complexity index is 561. The summed E-state index contributed by atoms with van der Waals surface area (Å²) in [6.07, 6.45) is 4.14. The predicted molar refractivity (Wildman–Crippen MR) is 106 cm³/mol. The highest BCUT2D eigenvalue weighted by Gasteiger charge is 2.48. The molecule has 156 valence electrons. The van der Waals surface area contributed by atoms with Crippen LogP contribution in [0.15, 0.2) is 0 Å². The molecule has 3 atom stereocenters. The molecule has 5 nitrogen and oxygen atoms in total. The van der Waals surface area contributed by atoms with Crippen LogP contribution in [0.25, 0.3) is 0 Å². The topological polar surface area (TPSA) is 55.8 Å². The number of hydrogen-bond donors (Lipinski definition) is 0. The van der Waals surface area contributed by atoms with E-state index in [4.69, 9.17) is 9.47 Å². The minimum absolute atomic E-state index is 0.142. The van der Waals surface area contributed by atoms with Crippen LogP contribution in [0, 0.1) is 16.7 Å². The Hall–Kier alpha value is -1.26. The summed E-state index contributed by atoms with van der Waals surface area (Å²) in [5.41, 5.74) is -0.0355. The van der Waals surface area contributed by atoms with Crippen molar-refractivity contribution in [2.75, 3.05) is 6.54 Å². The van der Waals surface area contributed by atoms with Crippen molar-refractivity contribution in [3.05, 3.63) is 0 Å². The lowest BCUT2D eigenvalue weighted by Crippen LogP contribution is -2.44. The maximum absolute atomic E-state index is 12.7. The molecule has 0 N–H and O–H groups in total. The molecular formula is C22H39NO4. The molecule has 5 heteroatoms. The second-order valence-electron chi connectivity index (χ2n) is 10.7. The minimum atomic E-state index is -0.567. The number of carbonyl (C=O) groups excluding carboxylic acids is 2. The van der Waals surface area contributed by atoms with E-state index < -0.39 is 17.7 Å². The first-order valence-corrected chi connectivity index (χ1v) is 10.4. The van der Waals surface area contributed by atoms with Gasteiger partial charge in [0.25, 0.3) is 0 Å². The second-order valence-corrected chi connectivity index (χ2v) is 10.7. The third kappa shape index (κ3) is 4.97. The van der Waals surface area contributed by atoms with Crippen LogP contribution in [-0.2, 0) is 14.3 Å². The summed E-state index contributed by atoms with van der Waals surface area (Å²) in [6.45, 7) is 17.4. The number of esters is 1. The maximum atomic E-state index is 12.7. The number of amides is 1. The van der Waals surface area contributed by atoms with Crippen molar-refractivity contribution in [3.8, 4) is 0 Å². The fourth-order valence-corrected chi connectivity index (χ4v) is 4.46. The van der Waals surface area contributed by atoms with Crippen LogP contribution in [0.4, 0.5) is 4.79 Å². The van der Waals surface area contributed by atoms with Gasteiger partial charge in [0, 0.05) is 6.54 Å². The van der Waals surface area contributed by atoms with E-state index >= 15 is 0 Å². The summed E-state index contributed by atoms with van der Waals surface area (Å²) in [5, 5.41) is 0. The lowest BCUT2D eigenvalue weighted by Gasteiger charge is -2.40. The SMILES string of the molecule is CC(CC1CCC(C)(C)C1(C)C)OC(=O)[C@@H]1CCCN1C(=O)OC(C)(C)C. The van der Waals surface area contributed by atoms with Crippen molar-refractivity contribution in [1.29, 1.82) is 0 Å². The quantitative estimate of drug-likeness (QED) is 0.630. The lowest BCUT2D eigenvalue weighted by atomic mass is 9.66. The van der Waals surface area contributed by atoms with Gasteiger partial charge in [0.2, 0.25) is 0 Å². The lowest BCUT2D eigenvalue weighted by molar-refractivity contribution is -0.154. The van der Waals surface area contributed by atoms with Crippen molar-refractivity contribution < 1.29 is 19.1 Å². The van der Waals surface area contributed by atoms with E-state index in [0.29, 0.717) is 24.3 Å². The average molecular weight is 382 g/mol. The zero-order chi connectivity index (χ0) is 20.6. The van der Waals surface area contributed by atoms with Crippen molar-refractivity contribution in [2.45, 2.75) is 105 Å². The maximum Gasteiger partial charge on any atom is 0.411 e. The van der Waals surface area contributed by atoms with Gasteiger partial charge in [0.1, 0.15) is 11.6 Å². The van der Waals surface area contributed by atoms with Crippen LogP contribution in [0.1, 0.15) is 87.5 Å². The summed E-state index contributed by atoms with van der Waals surface area (Å²) in [6, 6.07) is -0.518. The van der Waals surface area contributed by atoms with Crippen molar-refractivity contribution in [1.82, 2.24) is 4.90 Å². The molecule has 1 aliphatic heterocycles. The monoisotopic (exact) mass is 381 g/mol. The molecule has 1 amide bonds. The normalized spacial score (nSPS) is 28.1. The Morgan fingerprint density at radius 2 is 1.78 bits per heavy atom. The fourth-order valence-electron chi connectivity index (χ4n) is 4.46. The smallest absolute Gasteiger partial charge is 0.411 e. The summed E-state index contributed by atoms with van der Waals surface area (Å²) >= 11 is 0. The van der Waals surface area contributed by atoms with Crippen molar-refractivity contribution >= 4 is 12.1 Å². The number of carbonyl (C=O) groups is 2. The molecule has 1 saturated carbocycles. The number of ether oxygens (including phenoxy) is 2. The molecule has 2 unspecified atom stereocenters. The fraction of sp³-hybridized carbons (Fsp3) is 0.909. The molecule has 2 fully saturated rings.